The van der Waals surface area contributed by atoms with Gasteiger partial charge in [0.05, 0.1) is 22.8 Å². The number of hydrogen-bond donors (Lipinski definition) is 0. The van der Waals surface area contributed by atoms with Gasteiger partial charge in [-0.2, -0.15) is 0 Å². The Hall–Kier alpha value is -2.08. The Morgan fingerprint density at radius 3 is 0.689 bits per heavy atom. The Kier molecular flexibility index (Phi) is 68.0. The maximum Gasteiger partial charge on any atom is 2.00 e. The predicted octanol–water partition coefficient (Wildman–Crippen LogP) is 31.4. The standard InChI is InChI=1S/C87H154N2.Pd/c1-5-9-13-16-19-22-25-28-30-32-34-36-38-40-42-44-46-48-50-53-55-58-61-64-67-74-82-76-70-72-79-84(82)88-86(78-12-8-4)87(81-69-66-63-60-57-52-27-24-21-18-15-11-7-3)89-85-80-73-71-77-83(85)75-68-65-62-59-56-54-51-49-47-45-43-41-39-37-35-33-31-29-26-23-20-17-14-10-6-2;/h61-62,64-65,70-73,76-77,79-80H,5-60,63,66-69,74-75,78,81H2,1-4H3;/q;+2/b64-61+,65-62+,88-86?,89-87?;. The summed E-state index contributed by atoms with van der Waals surface area (Å²) in [5.41, 5.74) is 7.53. The number of rotatable bonds is 70. The molecule has 0 unspecified atom stereocenters. The van der Waals surface area contributed by atoms with E-state index in [-0.39, 0.29) is 20.4 Å². The number of unbranched alkanes of at least 4 members (excludes halogenated alkanes) is 55. The molecule has 0 aliphatic heterocycles. The molecule has 0 heterocycles. The molecular weight excluding hydrogens is 1180 g/mol. The van der Waals surface area contributed by atoms with Crippen LogP contribution < -0.4 is 0 Å². The molecule has 2 aromatic carbocycles. The molecule has 0 bridgehead atoms. The third-order valence-electron chi connectivity index (χ3n) is 19.6. The van der Waals surface area contributed by atoms with E-state index in [0.29, 0.717) is 0 Å². The van der Waals surface area contributed by atoms with E-state index in [4.69, 9.17) is 9.98 Å². The topological polar surface area (TPSA) is 24.7 Å². The molecular formula is C87H154N2Pd+2. The third kappa shape index (κ3) is 56.3. The van der Waals surface area contributed by atoms with Crippen LogP contribution in [-0.4, -0.2) is 11.4 Å². The van der Waals surface area contributed by atoms with E-state index in [1.807, 2.05) is 0 Å². The van der Waals surface area contributed by atoms with Crippen molar-refractivity contribution < 1.29 is 20.4 Å². The van der Waals surface area contributed by atoms with Gasteiger partial charge in [0.15, 0.2) is 0 Å². The van der Waals surface area contributed by atoms with Crippen molar-refractivity contribution in [3.05, 3.63) is 84.0 Å². The van der Waals surface area contributed by atoms with E-state index in [2.05, 4.69) is 101 Å². The number of nitrogens with zero attached hydrogens (tertiary/aromatic N) is 2. The number of aryl methyl sites for hydroxylation is 2. The van der Waals surface area contributed by atoms with Crippen molar-refractivity contribution >= 4 is 22.8 Å². The van der Waals surface area contributed by atoms with Crippen molar-refractivity contribution in [1.29, 1.82) is 0 Å². The molecule has 2 rings (SSSR count). The smallest absolute Gasteiger partial charge is 0.251 e. The average molecular weight is 1330 g/mol. The molecule has 0 N–H and O–H groups in total. The van der Waals surface area contributed by atoms with Crippen LogP contribution in [0, 0.1) is 0 Å². The molecule has 0 aliphatic rings. The van der Waals surface area contributed by atoms with Crippen molar-refractivity contribution in [1.82, 2.24) is 0 Å². The fourth-order valence-corrected chi connectivity index (χ4v) is 13.5. The fourth-order valence-electron chi connectivity index (χ4n) is 13.5. The molecule has 0 aliphatic carbocycles. The van der Waals surface area contributed by atoms with Gasteiger partial charge in [0.1, 0.15) is 0 Å². The van der Waals surface area contributed by atoms with E-state index in [1.165, 1.54) is 395 Å². The van der Waals surface area contributed by atoms with Gasteiger partial charge >= 0.3 is 20.4 Å². The van der Waals surface area contributed by atoms with Crippen LogP contribution in [0.4, 0.5) is 11.4 Å². The van der Waals surface area contributed by atoms with Crippen LogP contribution in [0.2, 0.25) is 0 Å². The Bertz CT molecular complexity index is 1870. The van der Waals surface area contributed by atoms with Crippen molar-refractivity contribution in [2.45, 2.75) is 445 Å². The van der Waals surface area contributed by atoms with Crippen LogP contribution in [-0.2, 0) is 33.3 Å². The molecule has 520 valence electrons. The van der Waals surface area contributed by atoms with Gasteiger partial charge in [0, 0.05) is 0 Å². The summed E-state index contributed by atoms with van der Waals surface area (Å²) in [4.78, 5) is 11.3. The first-order valence-corrected chi connectivity index (χ1v) is 40.8. The molecule has 0 radical (unpaired) electrons. The summed E-state index contributed by atoms with van der Waals surface area (Å²) >= 11 is 0. The maximum atomic E-state index is 5.66. The Morgan fingerprint density at radius 2 is 0.433 bits per heavy atom. The second-order valence-electron chi connectivity index (χ2n) is 28.2. The van der Waals surface area contributed by atoms with Gasteiger partial charge in [-0.1, -0.05) is 429 Å². The van der Waals surface area contributed by atoms with Gasteiger partial charge < -0.3 is 0 Å². The summed E-state index contributed by atoms with van der Waals surface area (Å²) in [6.07, 6.45) is 99.3. The fraction of sp³-hybridized carbons (Fsp3) is 0.793. The van der Waals surface area contributed by atoms with Crippen LogP contribution in [0.5, 0.6) is 0 Å². The quantitative estimate of drug-likeness (QED) is 0.0273. The van der Waals surface area contributed by atoms with Gasteiger partial charge in [0.25, 0.3) is 0 Å². The van der Waals surface area contributed by atoms with Crippen LogP contribution in [0.15, 0.2) is 82.8 Å². The number of benzene rings is 2. The number of allylic oxidation sites excluding steroid dienone is 4. The molecule has 2 nitrogen and oxygen atoms in total. The maximum absolute atomic E-state index is 5.66. The van der Waals surface area contributed by atoms with Crippen LogP contribution >= 0.6 is 0 Å². The van der Waals surface area contributed by atoms with Gasteiger partial charge in [-0.05, 0) is 100 Å². The van der Waals surface area contributed by atoms with E-state index in [9.17, 15) is 0 Å². The second kappa shape index (κ2) is 71.2. The number of hydrogen-bond acceptors (Lipinski definition) is 2. The summed E-state index contributed by atoms with van der Waals surface area (Å²) in [6.45, 7) is 9.28. The molecule has 2 aromatic rings. The summed E-state index contributed by atoms with van der Waals surface area (Å²) in [5.74, 6) is 0. The first-order valence-electron chi connectivity index (χ1n) is 40.8. The second-order valence-corrected chi connectivity index (χ2v) is 28.2. The van der Waals surface area contributed by atoms with Gasteiger partial charge in [-0.25, -0.2) is 0 Å². The first-order chi connectivity index (χ1) is 44.2. The Balaban J connectivity index is 0.0000405. The predicted molar refractivity (Wildman–Crippen MR) is 406 cm³/mol. The molecule has 0 spiro atoms. The first kappa shape index (κ1) is 85.9. The third-order valence-corrected chi connectivity index (χ3v) is 19.6. The summed E-state index contributed by atoms with van der Waals surface area (Å²) in [5, 5.41) is 0. The van der Waals surface area contributed by atoms with E-state index in [0.717, 1.165) is 56.3 Å². The summed E-state index contributed by atoms with van der Waals surface area (Å²) < 4.78 is 0. The molecule has 0 saturated heterocycles. The zero-order valence-corrected chi connectivity index (χ0v) is 62.7. The van der Waals surface area contributed by atoms with Crippen molar-refractivity contribution in [3.63, 3.8) is 0 Å². The molecule has 3 heteroatoms. The monoisotopic (exact) mass is 1330 g/mol. The van der Waals surface area contributed by atoms with Crippen LogP contribution in [0.3, 0.4) is 0 Å². The molecule has 90 heavy (non-hydrogen) atoms. The minimum absolute atomic E-state index is 0. The van der Waals surface area contributed by atoms with Crippen molar-refractivity contribution in [3.8, 4) is 0 Å². The zero-order chi connectivity index (χ0) is 63.3. The van der Waals surface area contributed by atoms with E-state index >= 15 is 0 Å². The minimum atomic E-state index is 0. The van der Waals surface area contributed by atoms with E-state index in [1.54, 1.807) is 0 Å². The molecule has 0 fully saturated rings. The largest absolute Gasteiger partial charge is 2.00 e. The SMILES string of the molecule is CCCCCCCCCCCCCCCCCCCCCCC/C=C/CCc1ccccc1N=C(CCCC)C(CCCCCCCCCCCCCCC)=Nc1ccccc1CC/C=C/CCCCCCCCCCCCCCCCCCCCCCC.[Pd+2]. The normalized spacial score (nSPS) is 12.2. The Morgan fingerprint density at radius 1 is 0.233 bits per heavy atom. The van der Waals surface area contributed by atoms with E-state index < -0.39 is 0 Å². The van der Waals surface area contributed by atoms with Gasteiger partial charge in [-0.3, -0.25) is 9.98 Å². The zero-order valence-electron chi connectivity index (χ0n) is 61.1. The summed E-state index contributed by atoms with van der Waals surface area (Å²) in [6, 6.07) is 18.1. The minimum Gasteiger partial charge on any atom is -0.251 e. The number of para-hydroxylation sites is 2. The molecule has 0 amide bonds. The van der Waals surface area contributed by atoms with Gasteiger partial charge in [-0.15, -0.1) is 0 Å². The van der Waals surface area contributed by atoms with Crippen LogP contribution in [0.25, 0.3) is 0 Å². The molecule has 0 aromatic heterocycles. The van der Waals surface area contributed by atoms with Crippen molar-refractivity contribution in [2.24, 2.45) is 9.98 Å². The molecule has 0 saturated carbocycles. The summed E-state index contributed by atoms with van der Waals surface area (Å²) in [7, 11) is 0. The Labute approximate surface area is 578 Å². The molecule has 0 atom stereocenters. The van der Waals surface area contributed by atoms with Crippen LogP contribution in [0.1, 0.15) is 443 Å². The van der Waals surface area contributed by atoms with Gasteiger partial charge in [0.2, 0.25) is 0 Å². The average Bonchev–Trinajstić information content (AvgIpc) is 1.23. The number of aliphatic imine (C=N–C) groups is 2. The van der Waals surface area contributed by atoms with Crippen molar-refractivity contribution in [2.75, 3.05) is 0 Å².